The molecule has 2 aliphatic rings. The second-order valence-electron chi connectivity index (χ2n) is 9.66. The van der Waals surface area contributed by atoms with Gasteiger partial charge in [0.15, 0.2) is 0 Å². The number of amides is 1. The number of aryl methyl sites for hydroxylation is 1. The minimum absolute atomic E-state index is 0.0170. The number of aromatic amines is 1. The van der Waals surface area contributed by atoms with Crippen molar-refractivity contribution >= 4 is 27.7 Å². The van der Waals surface area contributed by atoms with Crippen LogP contribution in [0, 0.1) is 6.92 Å². The Morgan fingerprint density at radius 1 is 1.11 bits per heavy atom. The third-order valence-corrected chi connectivity index (χ3v) is 7.51. The minimum atomic E-state index is -0.156. The minimum Gasteiger partial charge on any atom is -0.381 e. The molecule has 4 aromatic rings. The van der Waals surface area contributed by atoms with E-state index in [0.717, 1.165) is 66.2 Å². The number of pyridine rings is 2. The molecule has 8 heteroatoms. The van der Waals surface area contributed by atoms with E-state index >= 15 is 0 Å². The molecule has 1 aromatic carbocycles. The second-order valence-corrected chi connectivity index (χ2v) is 9.66. The Bertz CT molecular complexity index is 1450. The lowest BCUT2D eigenvalue weighted by Crippen LogP contribution is -2.38. The van der Waals surface area contributed by atoms with Crippen molar-refractivity contribution in [1.82, 2.24) is 24.6 Å². The number of piperidine rings is 1. The Hall–Kier alpha value is -3.52. The van der Waals surface area contributed by atoms with Gasteiger partial charge < -0.3 is 14.6 Å². The summed E-state index contributed by atoms with van der Waals surface area (Å²) < 4.78 is 7.51. The largest absolute Gasteiger partial charge is 0.381 e. The third-order valence-electron chi connectivity index (χ3n) is 7.51. The normalized spacial score (nSPS) is 19.5. The van der Waals surface area contributed by atoms with Gasteiger partial charge in [-0.25, -0.2) is 0 Å². The number of nitrogens with one attached hydrogen (secondary N) is 1. The number of H-pyrrole nitrogens is 1. The number of ether oxygens (including phenoxy) is 1. The maximum absolute atomic E-state index is 14.0. The van der Waals surface area contributed by atoms with Crippen LogP contribution in [0.5, 0.6) is 0 Å². The number of carbonyl (C=O) groups is 1. The Morgan fingerprint density at radius 3 is 2.77 bits per heavy atom. The van der Waals surface area contributed by atoms with Crippen molar-refractivity contribution in [3.8, 4) is 0 Å². The van der Waals surface area contributed by atoms with Gasteiger partial charge in [-0.3, -0.25) is 19.3 Å². The highest BCUT2D eigenvalue weighted by Crippen LogP contribution is 2.34. The molecule has 2 aliphatic heterocycles. The predicted molar refractivity (Wildman–Crippen MR) is 134 cm³/mol. The van der Waals surface area contributed by atoms with Gasteiger partial charge in [0, 0.05) is 43.1 Å². The van der Waals surface area contributed by atoms with E-state index in [2.05, 4.69) is 21.1 Å². The number of aromatic nitrogens is 4. The molecule has 2 fully saturated rings. The Balaban J connectivity index is 1.48. The predicted octanol–water partition coefficient (Wildman–Crippen LogP) is 4.30. The van der Waals surface area contributed by atoms with E-state index in [1.165, 1.54) is 0 Å². The van der Waals surface area contributed by atoms with Gasteiger partial charge in [-0.05, 0) is 68.4 Å². The molecule has 0 aliphatic carbocycles. The fourth-order valence-corrected chi connectivity index (χ4v) is 5.68. The number of nitrogens with zero attached hydrogens (tertiary/aromatic N) is 4. The van der Waals surface area contributed by atoms with Gasteiger partial charge in [-0.1, -0.05) is 6.07 Å². The van der Waals surface area contributed by atoms with Crippen molar-refractivity contribution in [2.45, 2.75) is 51.1 Å². The van der Waals surface area contributed by atoms with Crippen molar-refractivity contribution in [1.29, 1.82) is 0 Å². The Kier molecular flexibility index (Phi) is 5.60. The molecule has 0 saturated carbocycles. The lowest BCUT2D eigenvalue weighted by Gasteiger charge is -2.36. The summed E-state index contributed by atoms with van der Waals surface area (Å²) >= 11 is 0. The first-order chi connectivity index (χ1) is 17.1. The summed E-state index contributed by atoms with van der Waals surface area (Å²) in [4.78, 5) is 36.1. The standard InChI is InChI=1S/C27H29N5O3/c1-17-13-23-21(25-22(26(33)30-23)16-29-32(25)19-7-11-35-12-8-19)14-20(17)27(34)31-10-3-2-6-24(31)18-5-4-9-28-15-18/h4-5,9,13-16,19,24H,2-3,6-8,10-12H2,1H3,(H,30,33). The van der Waals surface area contributed by atoms with E-state index < -0.39 is 0 Å². The van der Waals surface area contributed by atoms with Crippen molar-refractivity contribution in [3.05, 3.63) is 69.9 Å². The molecule has 2 saturated heterocycles. The van der Waals surface area contributed by atoms with Crippen LogP contribution >= 0.6 is 0 Å². The van der Waals surface area contributed by atoms with Crippen LogP contribution in [0.25, 0.3) is 21.8 Å². The first-order valence-corrected chi connectivity index (χ1v) is 12.4. The highest BCUT2D eigenvalue weighted by molar-refractivity contribution is 6.07. The molecule has 1 atom stereocenters. The summed E-state index contributed by atoms with van der Waals surface area (Å²) in [6.07, 6.45) is 9.98. The molecular formula is C27H29N5O3. The molecule has 1 amide bonds. The molecule has 0 bridgehead atoms. The van der Waals surface area contributed by atoms with Crippen LogP contribution in [0.15, 0.2) is 47.7 Å². The molecule has 0 spiro atoms. The van der Waals surface area contributed by atoms with Gasteiger partial charge in [0.25, 0.3) is 11.5 Å². The van der Waals surface area contributed by atoms with Crippen molar-refractivity contribution < 1.29 is 9.53 Å². The van der Waals surface area contributed by atoms with Gasteiger partial charge in [0.2, 0.25) is 0 Å². The molecule has 1 unspecified atom stereocenters. The zero-order valence-electron chi connectivity index (χ0n) is 19.9. The second kappa shape index (κ2) is 8.92. The van der Waals surface area contributed by atoms with Crippen LogP contribution in [-0.4, -0.2) is 50.3 Å². The number of benzene rings is 1. The maximum Gasteiger partial charge on any atom is 0.259 e. The number of hydrogen-bond acceptors (Lipinski definition) is 5. The Labute approximate surface area is 202 Å². The lowest BCUT2D eigenvalue weighted by molar-refractivity contribution is 0.0610. The van der Waals surface area contributed by atoms with Gasteiger partial charge >= 0.3 is 0 Å². The van der Waals surface area contributed by atoms with Gasteiger partial charge in [0.05, 0.1) is 34.7 Å². The van der Waals surface area contributed by atoms with Crippen LogP contribution in [0.1, 0.15) is 65.7 Å². The molecule has 5 heterocycles. The van der Waals surface area contributed by atoms with E-state index in [4.69, 9.17) is 4.74 Å². The van der Waals surface area contributed by atoms with E-state index in [1.54, 1.807) is 12.4 Å². The summed E-state index contributed by atoms with van der Waals surface area (Å²) in [6, 6.07) is 8.05. The molecule has 35 heavy (non-hydrogen) atoms. The summed E-state index contributed by atoms with van der Waals surface area (Å²) in [6.45, 7) is 4.02. The van der Waals surface area contributed by atoms with Crippen LogP contribution in [0.2, 0.25) is 0 Å². The molecule has 180 valence electrons. The number of carbonyl (C=O) groups excluding carboxylic acids is 1. The van der Waals surface area contributed by atoms with Gasteiger partial charge in [-0.2, -0.15) is 5.10 Å². The molecule has 6 rings (SSSR count). The van der Waals surface area contributed by atoms with E-state index in [0.29, 0.717) is 24.2 Å². The first-order valence-electron chi connectivity index (χ1n) is 12.4. The monoisotopic (exact) mass is 471 g/mol. The van der Waals surface area contributed by atoms with E-state index in [-0.39, 0.29) is 23.6 Å². The van der Waals surface area contributed by atoms with Gasteiger partial charge in [-0.15, -0.1) is 0 Å². The molecule has 3 aromatic heterocycles. The molecular weight excluding hydrogens is 442 g/mol. The zero-order chi connectivity index (χ0) is 23.9. The maximum atomic E-state index is 14.0. The van der Waals surface area contributed by atoms with E-state index in [9.17, 15) is 9.59 Å². The van der Waals surface area contributed by atoms with Crippen LogP contribution < -0.4 is 5.56 Å². The number of likely N-dealkylation sites (tertiary alicyclic amines) is 1. The highest BCUT2D eigenvalue weighted by atomic mass is 16.5. The average Bonchev–Trinajstić information content (AvgIpc) is 3.35. The number of fused-ring (bicyclic) bond motifs is 3. The lowest BCUT2D eigenvalue weighted by atomic mass is 9.94. The highest BCUT2D eigenvalue weighted by Gasteiger charge is 2.30. The fourth-order valence-electron chi connectivity index (χ4n) is 5.68. The van der Waals surface area contributed by atoms with Crippen LogP contribution in [0.3, 0.4) is 0 Å². The molecule has 8 nitrogen and oxygen atoms in total. The quantitative estimate of drug-likeness (QED) is 0.481. The Morgan fingerprint density at radius 2 is 1.97 bits per heavy atom. The van der Waals surface area contributed by atoms with Gasteiger partial charge in [0.1, 0.15) is 0 Å². The van der Waals surface area contributed by atoms with Crippen LogP contribution in [-0.2, 0) is 4.74 Å². The molecule has 0 radical (unpaired) electrons. The number of rotatable bonds is 3. The van der Waals surface area contributed by atoms with Crippen molar-refractivity contribution in [2.75, 3.05) is 19.8 Å². The SMILES string of the molecule is Cc1cc2[nH]c(=O)c3cnn(C4CCOCC4)c3c2cc1C(=O)N1CCCCC1c1cccnc1. The third kappa shape index (κ3) is 3.82. The zero-order valence-corrected chi connectivity index (χ0v) is 19.9. The average molecular weight is 472 g/mol. The summed E-state index contributed by atoms with van der Waals surface area (Å²) in [5, 5.41) is 6.01. The van der Waals surface area contributed by atoms with Crippen molar-refractivity contribution in [3.63, 3.8) is 0 Å². The molecule has 1 N–H and O–H groups in total. The first kappa shape index (κ1) is 22.0. The van der Waals surface area contributed by atoms with Crippen LogP contribution in [0.4, 0.5) is 0 Å². The number of hydrogen-bond donors (Lipinski definition) is 1. The van der Waals surface area contributed by atoms with E-state index in [1.807, 2.05) is 40.9 Å². The topological polar surface area (TPSA) is 93.1 Å². The summed E-state index contributed by atoms with van der Waals surface area (Å²) in [5.41, 5.74) is 3.96. The summed E-state index contributed by atoms with van der Waals surface area (Å²) in [7, 11) is 0. The van der Waals surface area contributed by atoms with Crippen molar-refractivity contribution in [2.24, 2.45) is 0 Å². The smallest absolute Gasteiger partial charge is 0.259 e. The fraction of sp³-hybridized carbons (Fsp3) is 0.407. The summed E-state index contributed by atoms with van der Waals surface area (Å²) in [5.74, 6) is 0.0226.